The van der Waals surface area contributed by atoms with Crippen molar-refractivity contribution in [3.05, 3.63) is 91.2 Å². The molecule has 4 aromatic rings. The molecule has 2 aliphatic heterocycles. The van der Waals surface area contributed by atoms with E-state index in [1.165, 1.54) is 0 Å². The molecule has 0 bridgehead atoms. The molecule has 40 heavy (non-hydrogen) atoms. The zero-order valence-electron chi connectivity index (χ0n) is 23.3. The molecule has 10 heteroatoms. The molecule has 2 aliphatic rings. The van der Waals surface area contributed by atoms with E-state index < -0.39 is 0 Å². The zero-order chi connectivity index (χ0) is 28.3. The molecule has 0 radical (unpaired) electrons. The number of fused-ring (bicyclic) bond motifs is 1. The van der Waals surface area contributed by atoms with Gasteiger partial charge in [0, 0.05) is 40.4 Å². The van der Waals surface area contributed by atoms with Crippen LogP contribution in [-0.4, -0.2) is 54.3 Å². The lowest BCUT2D eigenvalue weighted by atomic mass is 9.98. The topological polar surface area (TPSA) is 89.2 Å². The van der Waals surface area contributed by atoms with Gasteiger partial charge in [0.05, 0.1) is 29.8 Å². The molecule has 0 N–H and O–H groups in total. The van der Waals surface area contributed by atoms with Gasteiger partial charge in [-0.05, 0) is 82.0 Å². The number of pyridine rings is 1. The fourth-order valence-electron chi connectivity index (χ4n) is 5.65. The second kappa shape index (κ2) is 9.99. The minimum absolute atomic E-state index is 0.0764. The van der Waals surface area contributed by atoms with E-state index in [2.05, 4.69) is 37.8 Å². The number of nitrogens with zero attached hydrogens (tertiary/aromatic N) is 7. The molecular weight excluding hydrogens is 570 g/mol. The van der Waals surface area contributed by atoms with Crippen molar-refractivity contribution in [1.29, 1.82) is 0 Å². The van der Waals surface area contributed by atoms with E-state index in [-0.39, 0.29) is 24.1 Å². The third kappa shape index (κ3) is 4.54. The number of rotatable bonds is 4. The molecule has 5 heterocycles. The highest BCUT2D eigenvalue weighted by Crippen LogP contribution is 2.27. The summed E-state index contributed by atoms with van der Waals surface area (Å²) in [5.41, 5.74) is 5.00. The Morgan fingerprint density at radius 3 is 2.45 bits per heavy atom. The van der Waals surface area contributed by atoms with Crippen LogP contribution in [0, 0.1) is 26.7 Å². The Morgan fingerprint density at radius 1 is 1.05 bits per heavy atom. The Balaban J connectivity index is 1.44. The molecule has 1 atom stereocenters. The summed E-state index contributed by atoms with van der Waals surface area (Å²) >= 11 is 3.51. The number of anilines is 1. The lowest BCUT2D eigenvalue weighted by molar-refractivity contribution is 0.0652. The summed E-state index contributed by atoms with van der Waals surface area (Å²) in [4.78, 5) is 41.5. The summed E-state index contributed by atoms with van der Waals surface area (Å²) in [7, 11) is 0. The minimum atomic E-state index is -0.166. The number of hydrogen-bond donors (Lipinski definition) is 0. The Labute approximate surface area is 241 Å². The maximum Gasteiger partial charge on any atom is 0.263 e. The Bertz CT molecular complexity index is 1690. The van der Waals surface area contributed by atoms with Crippen LogP contribution in [0.4, 0.5) is 5.82 Å². The molecule has 3 aromatic heterocycles. The van der Waals surface area contributed by atoms with Crippen LogP contribution in [0.2, 0.25) is 0 Å². The van der Waals surface area contributed by atoms with Crippen molar-refractivity contribution in [2.75, 3.05) is 18.0 Å². The predicted molar refractivity (Wildman–Crippen MR) is 158 cm³/mol. The SMILES string of the molecule is Cc1cc(C)n(-c2nc3c(c(=O)n2-c2ccc(N4CC(C)C4)nc2)C[C@@H](C)N(C(=O)c2ccc(Br)c(C)c2)C3)n1. The Hall–Kier alpha value is -3.79. The van der Waals surface area contributed by atoms with E-state index in [1.807, 2.05) is 64.1 Å². The number of aryl methyl sites for hydroxylation is 3. The molecule has 6 rings (SSSR count). The van der Waals surface area contributed by atoms with Crippen LogP contribution in [0.1, 0.15) is 52.4 Å². The normalized spacial score (nSPS) is 17.1. The van der Waals surface area contributed by atoms with E-state index in [0.29, 0.717) is 40.8 Å². The summed E-state index contributed by atoms with van der Waals surface area (Å²) in [6.07, 6.45) is 2.15. The predicted octanol–water partition coefficient (Wildman–Crippen LogP) is 4.54. The van der Waals surface area contributed by atoms with Gasteiger partial charge in [0.25, 0.3) is 11.5 Å². The van der Waals surface area contributed by atoms with Crippen molar-refractivity contribution >= 4 is 27.7 Å². The first-order valence-corrected chi connectivity index (χ1v) is 14.4. The number of benzene rings is 1. The van der Waals surface area contributed by atoms with Gasteiger partial charge in [0.1, 0.15) is 5.82 Å². The van der Waals surface area contributed by atoms with Crippen molar-refractivity contribution < 1.29 is 4.79 Å². The first-order valence-electron chi connectivity index (χ1n) is 13.6. The third-order valence-corrected chi connectivity index (χ3v) is 8.73. The van der Waals surface area contributed by atoms with Gasteiger partial charge in [-0.25, -0.2) is 19.2 Å². The van der Waals surface area contributed by atoms with Gasteiger partial charge in [0.2, 0.25) is 5.95 Å². The fourth-order valence-corrected chi connectivity index (χ4v) is 5.90. The monoisotopic (exact) mass is 601 g/mol. The van der Waals surface area contributed by atoms with Gasteiger partial charge < -0.3 is 9.80 Å². The number of amides is 1. The van der Waals surface area contributed by atoms with Gasteiger partial charge in [-0.15, -0.1) is 0 Å². The molecule has 0 saturated carbocycles. The van der Waals surface area contributed by atoms with Crippen LogP contribution < -0.4 is 10.5 Å². The largest absolute Gasteiger partial charge is 0.356 e. The van der Waals surface area contributed by atoms with Crippen molar-refractivity contribution in [2.45, 2.75) is 53.6 Å². The lowest BCUT2D eigenvalue weighted by Crippen LogP contribution is -2.46. The lowest BCUT2D eigenvalue weighted by Gasteiger charge is -2.38. The first kappa shape index (κ1) is 26.4. The van der Waals surface area contributed by atoms with E-state index in [9.17, 15) is 9.59 Å². The van der Waals surface area contributed by atoms with Crippen molar-refractivity contribution in [3.8, 4) is 11.6 Å². The molecule has 0 aliphatic carbocycles. The van der Waals surface area contributed by atoms with E-state index in [0.717, 1.165) is 40.3 Å². The van der Waals surface area contributed by atoms with Gasteiger partial charge in [-0.3, -0.25) is 9.59 Å². The number of aromatic nitrogens is 5. The first-order chi connectivity index (χ1) is 19.1. The van der Waals surface area contributed by atoms with E-state index >= 15 is 0 Å². The maximum absolute atomic E-state index is 14.2. The van der Waals surface area contributed by atoms with Gasteiger partial charge in [-0.1, -0.05) is 22.9 Å². The molecule has 1 aromatic carbocycles. The Morgan fingerprint density at radius 2 is 1.82 bits per heavy atom. The van der Waals surface area contributed by atoms with Crippen LogP contribution in [-0.2, 0) is 13.0 Å². The molecule has 1 amide bonds. The summed E-state index contributed by atoms with van der Waals surface area (Å²) in [5, 5.41) is 4.65. The number of carbonyl (C=O) groups is 1. The van der Waals surface area contributed by atoms with E-state index in [1.54, 1.807) is 20.3 Å². The molecule has 9 nitrogen and oxygen atoms in total. The van der Waals surface area contributed by atoms with E-state index in [4.69, 9.17) is 4.98 Å². The maximum atomic E-state index is 14.2. The number of carbonyl (C=O) groups excluding carboxylic acids is 1. The zero-order valence-corrected chi connectivity index (χ0v) is 24.9. The fraction of sp³-hybridized carbons (Fsp3) is 0.367. The molecular formula is C30H32BrN7O2. The van der Waals surface area contributed by atoms with Gasteiger partial charge in [0.15, 0.2) is 0 Å². The van der Waals surface area contributed by atoms with Crippen LogP contribution in [0.5, 0.6) is 0 Å². The second-order valence-corrected chi connectivity index (χ2v) is 12.0. The van der Waals surface area contributed by atoms with Gasteiger partial charge in [-0.2, -0.15) is 5.10 Å². The minimum Gasteiger partial charge on any atom is -0.356 e. The van der Waals surface area contributed by atoms with Crippen molar-refractivity contribution in [3.63, 3.8) is 0 Å². The molecule has 0 unspecified atom stereocenters. The van der Waals surface area contributed by atoms with Crippen LogP contribution in [0.3, 0.4) is 0 Å². The number of hydrogen-bond acceptors (Lipinski definition) is 6. The van der Waals surface area contributed by atoms with Crippen LogP contribution in [0.15, 0.2) is 51.9 Å². The van der Waals surface area contributed by atoms with Crippen molar-refractivity contribution in [1.82, 2.24) is 29.2 Å². The average Bonchev–Trinajstić information content (AvgIpc) is 3.25. The Kier molecular flexibility index (Phi) is 6.60. The third-order valence-electron chi connectivity index (χ3n) is 7.84. The summed E-state index contributed by atoms with van der Waals surface area (Å²) < 4.78 is 4.26. The molecule has 1 fully saturated rings. The van der Waals surface area contributed by atoms with Crippen molar-refractivity contribution in [2.24, 2.45) is 5.92 Å². The summed E-state index contributed by atoms with van der Waals surface area (Å²) in [6, 6.07) is 11.3. The highest BCUT2D eigenvalue weighted by atomic mass is 79.9. The summed E-state index contributed by atoms with van der Waals surface area (Å²) in [6.45, 7) is 12.2. The molecule has 1 saturated heterocycles. The van der Waals surface area contributed by atoms with Gasteiger partial charge >= 0.3 is 0 Å². The quantitative estimate of drug-likeness (QED) is 0.341. The summed E-state index contributed by atoms with van der Waals surface area (Å²) in [5.74, 6) is 1.88. The van der Waals surface area contributed by atoms with Crippen LogP contribution >= 0.6 is 15.9 Å². The average molecular weight is 603 g/mol. The standard InChI is InChI=1S/C30H32BrN7O2/c1-17-14-35(15-17)27-9-7-23(13-32-27)37-29(40)24-12-20(4)36(28(39)22-6-8-25(31)18(2)10-22)16-26(24)33-30(37)38-21(5)11-19(3)34-38/h6-11,13,17,20H,12,14-16H2,1-5H3/t20-/m1/s1. The van der Waals surface area contributed by atoms with Crippen LogP contribution in [0.25, 0.3) is 11.6 Å². The smallest absolute Gasteiger partial charge is 0.263 e. The highest BCUT2D eigenvalue weighted by molar-refractivity contribution is 9.10. The molecule has 206 valence electrons. The molecule has 0 spiro atoms. The second-order valence-electron chi connectivity index (χ2n) is 11.2. The highest BCUT2D eigenvalue weighted by Gasteiger charge is 2.33. The number of halogens is 1.